The molecule has 9 nitrogen and oxygen atoms in total. The number of hydrogen-bond acceptors (Lipinski definition) is 7. The van der Waals surface area contributed by atoms with Gasteiger partial charge in [0.15, 0.2) is 11.5 Å². The monoisotopic (exact) mass is 379 g/mol. The number of nitrogens with two attached hydrogens (primary N) is 1. The first-order valence-electron chi connectivity index (χ1n) is 8.46. The fourth-order valence-electron chi connectivity index (χ4n) is 3.08. The maximum atomic E-state index is 12.6. The Morgan fingerprint density at radius 2 is 2.14 bits per heavy atom. The van der Waals surface area contributed by atoms with Crippen molar-refractivity contribution < 1.29 is 18.7 Å². The van der Waals surface area contributed by atoms with E-state index in [0.717, 1.165) is 10.9 Å². The Labute approximate surface area is 159 Å². The van der Waals surface area contributed by atoms with E-state index in [9.17, 15) is 9.59 Å². The molecule has 142 valence electrons. The molecule has 0 radical (unpaired) electrons. The largest absolute Gasteiger partial charge is 0.465 e. The van der Waals surface area contributed by atoms with Gasteiger partial charge in [0.1, 0.15) is 22.5 Å². The first-order valence-corrected chi connectivity index (χ1v) is 8.46. The molecule has 4 aromatic rings. The summed E-state index contributed by atoms with van der Waals surface area (Å²) in [4.78, 5) is 28.7. The number of aromatic nitrogens is 3. The zero-order valence-electron chi connectivity index (χ0n) is 15.2. The highest BCUT2D eigenvalue weighted by Gasteiger charge is 2.20. The van der Waals surface area contributed by atoms with E-state index in [1.165, 1.54) is 11.6 Å². The molecule has 0 atom stereocenters. The maximum absolute atomic E-state index is 12.6. The highest BCUT2D eigenvalue weighted by molar-refractivity contribution is 6.04. The van der Waals surface area contributed by atoms with Crippen LogP contribution in [0.5, 0.6) is 0 Å². The molecule has 0 saturated heterocycles. The van der Waals surface area contributed by atoms with Gasteiger partial charge in [-0.15, -0.1) is 5.10 Å². The minimum Gasteiger partial charge on any atom is -0.465 e. The number of anilines is 1. The Morgan fingerprint density at radius 1 is 1.32 bits per heavy atom. The predicted octanol–water partition coefficient (Wildman–Crippen LogP) is 2.08. The molecule has 9 heteroatoms. The molecule has 0 bridgehead atoms. The number of benzene rings is 1. The van der Waals surface area contributed by atoms with Gasteiger partial charge in [-0.1, -0.05) is 0 Å². The van der Waals surface area contributed by atoms with Gasteiger partial charge in [0.25, 0.3) is 5.91 Å². The number of carbonyl (C=O) groups excluding carboxylic acids is 2. The molecule has 3 aromatic heterocycles. The summed E-state index contributed by atoms with van der Waals surface area (Å²) >= 11 is 0. The summed E-state index contributed by atoms with van der Waals surface area (Å²) in [5.74, 6) is -0.327. The molecule has 0 aliphatic carbocycles. The lowest BCUT2D eigenvalue weighted by Gasteiger charge is -2.03. The molecule has 0 fully saturated rings. The number of nitrogens with one attached hydrogen (secondary N) is 1. The van der Waals surface area contributed by atoms with Gasteiger partial charge in [-0.3, -0.25) is 4.79 Å². The van der Waals surface area contributed by atoms with Gasteiger partial charge in [0, 0.05) is 17.8 Å². The van der Waals surface area contributed by atoms with Crippen LogP contribution in [0, 0.1) is 6.92 Å². The number of esters is 1. The minimum atomic E-state index is -0.483. The highest BCUT2D eigenvalue weighted by atomic mass is 16.5. The van der Waals surface area contributed by atoms with Crippen LogP contribution in [0.4, 0.5) is 5.82 Å². The molecule has 0 aliphatic heterocycles. The van der Waals surface area contributed by atoms with Crippen molar-refractivity contribution in [2.24, 2.45) is 0 Å². The fraction of sp³-hybridized carbons (Fsp3) is 0.158. The van der Waals surface area contributed by atoms with Crippen LogP contribution in [-0.4, -0.2) is 33.6 Å². The zero-order chi connectivity index (χ0) is 19.8. The van der Waals surface area contributed by atoms with E-state index in [0.29, 0.717) is 22.6 Å². The van der Waals surface area contributed by atoms with Crippen LogP contribution in [0.1, 0.15) is 32.0 Å². The Kier molecular flexibility index (Phi) is 4.19. The zero-order valence-corrected chi connectivity index (χ0v) is 15.2. The Balaban J connectivity index is 1.61. The predicted molar refractivity (Wildman–Crippen MR) is 101 cm³/mol. The topological polar surface area (TPSA) is 125 Å². The SMILES string of the molecule is COC(=O)c1cc(C)cc2cc(CNC(=O)c3c(N)nn4cccnc34)oc12. The molecule has 4 rings (SSSR count). The van der Waals surface area contributed by atoms with Crippen LogP contribution in [0.3, 0.4) is 0 Å². The quantitative estimate of drug-likeness (QED) is 0.520. The number of amides is 1. The van der Waals surface area contributed by atoms with Crippen molar-refractivity contribution in [1.29, 1.82) is 0 Å². The minimum absolute atomic E-state index is 0.0874. The summed E-state index contributed by atoms with van der Waals surface area (Å²) in [5, 5.41) is 7.57. The lowest BCUT2D eigenvalue weighted by molar-refractivity contribution is 0.0601. The van der Waals surface area contributed by atoms with Crippen molar-refractivity contribution in [3.63, 3.8) is 0 Å². The van der Waals surface area contributed by atoms with Crippen LogP contribution in [0.15, 0.2) is 41.1 Å². The second-order valence-electron chi connectivity index (χ2n) is 6.27. The number of nitrogen functional groups attached to an aromatic ring is 1. The third kappa shape index (κ3) is 2.92. The number of nitrogens with zero attached hydrogens (tertiary/aromatic N) is 3. The summed E-state index contributed by atoms with van der Waals surface area (Å²) in [5.41, 5.74) is 8.08. The molecule has 3 N–H and O–H groups in total. The van der Waals surface area contributed by atoms with Crippen LogP contribution in [0.25, 0.3) is 16.6 Å². The average Bonchev–Trinajstić information content (AvgIpc) is 3.24. The fourth-order valence-corrected chi connectivity index (χ4v) is 3.08. The lowest BCUT2D eigenvalue weighted by atomic mass is 10.1. The normalized spacial score (nSPS) is 11.1. The Morgan fingerprint density at radius 3 is 2.93 bits per heavy atom. The first-order chi connectivity index (χ1) is 13.5. The van der Waals surface area contributed by atoms with Crippen molar-refractivity contribution in [1.82, 2.24) is 19.9 Å². The molecule has 28 heavy (non-hydrogen) atoms. The lowest BCUT2D eigenvalue weighted by Crippen LogP contribution is -2.23. The molecule has 0 aliphatic rings. The van der Waals surface area contributed by atoms with Crippen molar-refractivity contribution in [3.05, 3.63) is 59.1 Å². The van der Waals surface area contributed by atoms with E-state index < -0.39 is 11.9 Å². The molecular formula is C19H17N5O4. The molecule has 3 heterocycles. The van der Waals surface area contributed by atoms with Gasteiger partial charge in [-0.25, -0.2) is 14.3 Å². The molecule has 1 amide bonds. The number of carbonyl (C=O) groups is 2. The second kappa shape index (κ2) is 6.69. The summed E-state index contributed by atoms with van der Waals surface area (Å²) in [6, 6.07) is 7.05. The number of methoxy groups -OCH3 is 1. The maximum Gasteiger partial charge on any atom is 0.341 e. The van der Waals surface area contributed by atoms with Gasteiger partial charge < -0.3 is 20.2 Å². The molecule has 0 unspecified atom stereocenters. The Hall–Kier alpha value is -3.88. The summed E-state index contributed by atoms with van der Waals surface area (Å²) in [6.45, 7) is 1.98. The molecule has 0 saturated carbocycles. The van der Waals surface area contributed by atoms with E-state index in [1.54, 1.807) is 30.6 Å². The molecular weight excluding hydrogens is 362 g/mol. The van der Waals surface area contributed by atoms with Crippen molar-refractivity contribution in [2.45, 2.75) is 13.5 Å². The average molecular weight is 379 g/mol. The van der Waals surface area contributed by atoms with E-state index >= 15 is 0 Å². The van der Waals surface area contributed by atoms with Crippen molar-refractivity contribution in [2.75, 3.05) is 12.8 Å². The molecule has 1 aromatic carbocycles. The number of rotatable bonds is 4. The second-order valence-corrected chi connectivity index (χ2v) is 6.27. The third-order valence-corrected chi connectivity index (χ3v) is 4.29. The van der Waals surface area contributed by atoms with Gasteiger partial charge in [-0.05, 0) is 36.8 Å². The Bertz CT molecular complexity index is 1220. The third-order valence-electron chi connectivity index (χ3n) is 4.29. The van der Waals surface area contributed by atoms with Crippen molar-refractivity contribution >= 4 is 34.3 Å². The van der Waals surface area contributed by atoms with E-state index in [4.69, 9.17) is 14.9 Å². The number of hydrogen-bond donors (Lipinski definition) is 2. The van der Waals surface area contributed by atoms with E-state index in [-0.39, 0.29) is 17.9 Å². The summed E-state index contributed by atoms with van der Waals surface area (Å²) < 4.78 is 12.0. The van der Waals surface area contributed by atoms with Crippen molar-refractivity contribution in [3.8, 4) is 0 Å². The number of furan rings is 1. The summed E-state index contributed by atoms with van der Waals surface area (Å²) in [6.07, 6.45) is 3.22. The number of aryl methyl sites for hydroxylation is 1. The number of fused-ring (bicyclic) bond motifs is 2. The van der Waals surface area contributed by atoms with Crippen LogP contribution in [0.2, 0.25) is 0 Å². The standard InChI is InChI=1S/C19H17N5O4/c1-10-6-11-8-12(28-15(11)13(7-10)19(26)27-2)9-22-18(25)14-16(20)23-24-5-3-4-21-17(14)24/h3-8H,9H2,1-2H3,(H2,20,23)(H,22,25). The smallest absolute Gasteiger partial charge is 0.341 e. The van der Waals surface area contributed by atoms with Crippen LogP contribution < -0.4 is 11.1 Å². The van der Waals surface area contributed by atoms with Gasteiger partial charge in [-0.2, -0.15) is 0 Å². The van der Waals surface area contributed by atoms with E-state index in [1.807, 2.05) is 13.0 Å². The summed E-state index contributed by atoms with van der Waals surface area (Å²) in [7, 11) is 1.31. The van der Waals surface area contributed by atoms with Gasteiger partial charge in [0.05, 0.1) is 13.7 Å². The molecule has 0 spiro atoms. The van der Waals surface area contributed by atoms with E-state index in [2.05, 4.69) is 15.4 Å². The first kappa shape index (κ1) is 17.5. The van der Waals surface area contributed by atoms with Crippen LogP contribution >= 0.6 is 0 Å². The number of ether oxygens (including phenoxy) is 1. The van der Waals surface area contributed by atoms with Gasteiger partial charge in [0.2, 0.25) is 0 Å². The van der Waals surface area contributed by atoms with Gasteiger partial charge >= 0.3 is 5.97 Å². The highest BCUT2D eigenvalue weighted by Crippen LogP contribution is 2.26. The van der Waals surface area contributed by atoms with Crippen LogP contribution in [-0.2, 0) is 11.3 Å².